The first-order valence-corrected chi connectivity index (χ1v) is 11.6. The van der Waals surface area contributed by atoms with Gasteiger partial charge in [0.25, 0.3) is 10.0 Å². The molecule has 7 nitrogen and oxygen atoms in total. The van der Waals surface area contributed by atoms with Crippen LogP contribution in [0.1, 0.15) is 10.4 Å². The van der Waals surface area contributed by atoms with E-state index in [1.807, 2.05) is 35.2 Å². The first kappa shape index (κ1) is 22.5. The van der Waals surface area contributed by atoms with Gasteiger partial charge in [-0.3, -0.25) is 4.72 Å². The van der Waals surface area contributed by atoms with E-state index in [0.717, 1.165) is 11.8 Å². The lowest BCUT2D eigenvalue weighted by atomic mass is 10.1. The van der Waals surface area contributed by atoms with Crippen LogP contribution in [-0.2, 0) is 10.0 Å². The largest absolute Gasteiger partial charge is 0.478 e. The van der Waals surface area contributed by atoms with Gasteiger partial charge in [-0.2, -0.15) is 0 Å². The zero-order valence-corrected chi connectivity index (χ0v) is 18.2. The van der Waals surface area contributed by atoms with E-state index in [9.17, 15) is 27.1 Å². The molecule has 1 fully saturated rings. The van der Waals surface area contributed by atoms with Gasteiger partial charge in [0.15, 0.2) is 11.6 Å². The molecular formula is C23H21F2N3O4S. The fraction of sp³-hybridized carbons (Fsp3) is 0.174. The van der Waals surface area contributed by atoms with Gasteiger partial charge in [-0.05, 0) is 48.5 Å². The molecule has 0 aliphatic carbocycles. The first-order chi connectivity index (χ1) is 15.7. The van der Waals surface area contributed by atoms with Crippen LogP contribution in [0.15, 0.2) is 71.6 Å². The van der Waals surface area contributed by atoms with E-state index < -0.39 is 32.5 Å². The first-order valence-electron chi connectivity index (χ1n) is 10.1. The molecule has 10 heteroatoms. The summed E-state index contributed by atoms with van der Waals surface area (Å²) in [4.78, 5) is 15.6. The molecule has 172 valence electrons. The number of carboxylic acid groups (broad SMARTS) is 1. The average molecular weight is 474 g/mol. The number of carbonyl (C=O) groups is 1. The minimum Gasteiger partial charge on any atom is -0.478 e. The lowest BCUT2D eigenvalue weighted by Gasteiger charge is -2.38. The van der Waals surface area contributed by atoms with Gasteiger partial charge in [0.1, 0.15) is 0 Å². The van der Waals surface area contributed by atoms with Crippen LogP contribution >= 0.6 is 0 Å². The summed E-state index contributed by atoms with van der Waals surface area (Å²) in [5.41, 5.74) is 1.51. The number of carboxylic acids is 1. The summed E-state index contributed by atoms with van der Waals surface area (Å²) >= 11 is 0. The molecule has 4 rings (SSSR count). The molecule has 1 aliphatic rings. The van der Waals surface area contributed by atoms with Crippen LogP contribution in [-0.4, -0.2) is 45.7 Å². The number of anilines is 3. The molecule has 0 bridgehead atoms. The number of benzene rings is 3. The van der Waals surface area contributed by atoms with Crippen molar-refractivity contribution in [2.75, 3.05) is 40.7 Å². The third-order valence-corrected chi connectivity index (χ3v) is 6.80. The van der Waals surface area contributed by atoms with E-state index in [4.69, 9.17) is 0 Å². The van der Waals surface area contributed by atoms with Gasteiger partial charge in [-0.15, -0.1) is 0 Å². The number of aromatic carboxylic acids is 1. The van der Waals surface area contributed by atoms with Crippen molar-refractivity contribution in [3.8, 4) is 0 Å². The quantitative estimate of drug-likeness (QED) is 0.566. The Morgan fingerprint density at radius 3 is 2.15 bits per heavy atom. The van der Waals surface area contributed by atoms with Crippen LogP contribution in [0.4, 0.5) is 25.8 Å². The van der Waals surface area contributed by atoms with E-state index in [-0.39, 0.29) is 11.3 Å². The smallest absolute Gasteiger partial charge is 0.337 e. The van der Waals surface area contributed by atoms with Gasteiger partial charge in [-0.1, -0.05) is 18.2 Å². The summed E-state index contributed by atoms with van der Waals surface area (Å²) in [6, 6.07) is 16.3. The van der Waals surface area contributed by atoms with Crippen molar-refractivity contribution in [3.05, 3.63) is 83.9 Å². The van der Waals surface area contributed by atoms with E-state index in [2.05, 4.69) is 9.62 Å². The molecule has 2 N–H and O–H groups in total. The molecule has 0 saturated carbocycles. The second kappa shape index (κ2) is 9.07. The molecule has 3 aromatic rings. The number of para-hydroxylation sites is 1. The Kier molecular flexibility index (Phi) is 6.19. The van der Waals surface area contributed by atoms with Gasteiger partial charge >= 0.3 is 5.97 Å². The van der Waals surface area contributed by atoms with Crippen LogP contribution in [0.5, 0.6) is 0 Å². The van der Waals surface area contributed by atoms with Gasteiger partial charge in [-0.25, -0.2) is 22.0 Å². The molecule has 0 amide bonds. The number of hydrogen-bond donors (Lipinski definition) is 2. The Hall–Kier alpha value is -3.66. The molecule has 1 saturated heterocycles. The SMILES string of the molecule is O=C(O)c1cc(NS(=O)(=O)c2ccc(F)c(F)c2)ccc1N1CCN(c2ccccc2)CC1. The monoisotopic (exact) mass is 473 g/mol. The highest BCUT2D eigenvalue weighted by Gasteiger charge is 2.23. The highest BCUT2D eigenvalue weighted by Crippen LogP contribution is 2.28. The van der Waals surface area contributed by atoms with Crippen LogP contribution in [0.2, 0.25) is 0 Å². The van der Waals surface area contributed by atoms with E-state index in [0.29, 0.717) is 44.0 Å². The molecule has 0 aromatic heterocycles. The van der Waals surface area contributed by atoms with Crippen molar-refractivity contribution in [2.45, 2.75) is 4.90 Å². The van der Waals surface area contributed by atoms with Crippen molar-refractivity contribution in [1.29, 1.82) is 0 Å². The van der Waals surface area contributed by atoms with E-state index in [1.165, 1.54) is 12.1 Å². The summed E-state index contributed by atoms with van der Waals surface area (Å²) in [6.45, 7) is 2.59. The molecule has 1 aliphatic heterocycles. The summed E-state index contributed by atoms with van der Waals surface area (Å²) < 4.78 is 53.9. The van der Waals surface area contributed by atoms with Crippen LogP contribution in [0, 0.1) is 11.6 Å². The normalized spacial score (nSPS) is 14.2. The van der Waals surface area contributed by atoms with Crippen molar-refractivity contribution in [1.82, 2.24) is 0 Å². The molecule has 3 aromatic carbocycles. The molecular weight excluding hydrogens is 452 g/mol. The Morgan fingerprint density at radius 2 is 1.52 bits per heavy atom. The Morgan fingerprint density at radius 1 is 0.848 bits per heavy atom. The summed E-state index contributed by atoms with van der Waals surface area (Å²) in [5, 5.41) is 9.73. The number of sulfonamides is 1. The van der Waals surface area contributed by atoms with Crippen molar-refractivity contribution in [3.63, 3.8) is 0 Å². The molecule has 0 unspecified atom stereocenters. The zero-order valence-electron chi connectivity index (χ0n) is 17.4. The Balaban J connectivity index is 1.53. The molecule has 0 radical (unpaired) electrons. The Labute approximate surface area is 189 Å². The molecule has 0 spiro atoms. The van der Waals surface area contributed by atoms with Crippen molar-refractivity contribution >= 4 is 33.1 Å². The fourth-order valence-corrected chi connectivity index (χ4v) is 4.81. The third kappa shape index (κ3) is 4.90. The van der Waals surface area contributed by atoms with Gasteiger partial charge in [0.05, 0.1) is 16.1 Å². The summed E-state index contributed by atoms with van der Waals surface area (Å²) in [6.07, 6.45) is 0. The standard InChI is InChI=1S/C23H21F2N3O4S/c24-20-8-7-18(15-21(20)25)33(31,32)26-16-6-9-22(19(14-16)23(29)30)28-12-10-27(11-13-28)17-4-2-1-3-5-17/h1-9,14-15,26H,10-13H2,(H,29,30). The molecule has 0 atom stereocenters. The van der Waals surface area contributed by atoms with Gasteiger partial charge in [0.2, 0.25) is 0 Å². The second-order valence-corrected chi connectivity index (χ2v) is 9.21. The lowest BCUT2D eigenvalue weighted by Crippen LogP contribution is -2.47. The highest BCUT2D eigenvalue weighted by molar-refractivity contribution is 7.92. The van der Waals surface area contributed by atoms with E-state index >= 15 is 0 Å². The number of nitrogens with one attached hydrogen (secondary N) is 1. The third-order valence-electron chi connectivity index (χ3n) is 5.42. The highest BCUT2D eigenvalue weighted by atomic mass is 32.2. The lowest BCUT2D eigenvalue weighted by molar-refractivity contribution is 0.0697. The second-order valence-electron chi connectivity index (χ2n) is 7.53. The predicted octanol–water partition coefficient (Wildman–Crippen LogP) is 3.79. The van der Waals surface area contributed by atoms with Gasteiger partial charge < -0.3 is 14.9 Å². The maximum Gasteiger partial charge on any atom is 0.337 e. The number of nitrogens with zero attached hydrogens (tertiary/aromatic N) is 2. The predicted molar refractivity (Wildman–Crippen MR) is 121 cm³/mol. The van der Waals surface area contributed by atoms with Crippen LogP contribution in [0.25, 0.3) is 0 Å². The fourth-order valence-electron chi connectivity index (χ4n) is 3.75. The minimum absolute atomic E-state index is 0.00352. The van der Waals surface area contributed by atoms with Crippen LogP contribution in [0.3, 0.4) is 0 Å². The molecule has 1 heterocycles. The number of rotatable bonds is 6. The van der Waals surface area contributed by atoms with Gasteiger partial charge in [0, 0.05) is 37.6 Å². The summed E-state index contributed by atoms with van der Waals surface area (Å²) in [7, 11) is -4.24. The van der Waals surface area contributed by atoms with Crippen molar-refractivity contribution < 1.29 is 27.1 Å². The van der Waals surface area contributed by atoms with Crippen LogP contribution < -0.4 is 14.5 Å². The zero-order chi connectivity index (χ0) is 23.6. The maximum atomic E-state index is 13.5. The number of piperazine rings is 1. The van der Waals surface area contributed by atoms with Crippen molar-refractivity contribution in [2.24, 2.45) is 0 Å². The number of halogens is 2. The molecule has 33 heavy (non-hydrogen) atoms. The Bertz CT molecular complexity index is 1280. The number of hydrogen-bond acceptors (Lipinski definition) is 5. The maximum absolute atomic E-state index is 13.5. The summed E-state index contributed by atoms with van der Waals surface area (Å²) in [5.74, 6) is -3.67. The average Bonchev–Trinajstić information content (AvgIpc) is 2.81. The van der Waals surface area contributed by atoms with E-state index in [1.54, 1.807) is 6.07 Å². The minimum atomic E-state index is -4.24. The topological polar surface area (TPSA) is 89.9 Å².